The summed E-state index contributed by atoms with van der Waals surface area (Å²) in [6.07, 6.45) is 5.47. The summed E-state index contributed by atoms with van der Waals surface area (Å²) in [4.78, 5) is 23.9. The number of nitrogens with one attached hydrogen (secondary N) is 2. The lowest BCUT2D eigenvalue weighted by atomic mass is 10.2. The van der Waals surface area contributed by atoms with Crippen molar-refractivity contribution in [1.82, 2.24) is 10.6 Å². The molecule has 0 aromatic heterocycles. The number of amides is 2. The number of ether oxygens (including phenoxy) is 1. The van der Waals surface area contributed by atoms with Crippen LogP contribution in [-0.4, -0.2) is 31.0 Å². The van der Waals surface area contributed by atoms with E-state index in [9.17, 15) is 9.59 Å². The first-order valence-corrected chi connectivity index (χ1v) is 7.92. The minimum atomic E-state index is -0.552. The van der Waals surface area contributed by atoms with Gasteiger partial charge in [-0.3, -0.25) is 9.59 Å². The third kappa shape index (κ3) is 5.43. The molecule has 0 aliphatic heterocycles. The van der Waals surface area contributed by atoms with Gasteiger partial charge in [0.25, 0.3) is 0 Å². The number of hydrogen-bond acceptors (Lipinski definition) is 3. The summed E-state index contributed by atoms with van der Waals surface area (Å²) in [5, 5.41) is 5.62. The number of methoxy groups -OCH3 is 1. The first-order chi connectivity index (χ1) is 11.0. The Morgan fingerprint density at radius 3 is 2.39 bits per heavy atom. The number of rotatable bonds is 7. The van der Waals surface area contributed by atoms with Crippen molar-refractivity contribution in [2.24, 2.45) is 5.92 Å². The molecule has 0 bridgehead atoms. The number of carbonyl (C=O) groups is 2. The summed E-state index contributed by atoms with van der Waals surface area (Å²) in [6, 6.07) is 6.99. The second-order valence-corrected chi connectivity index (χ2v) is 5.97. The van der Waals surface area contributed by atoms with E-state index in [4.69, 9.17) is 4.74 Å². The predicted octanol–water partition coefficient (Wildman–Crippen LogP) is 2.13. The SMILES string of the molecule is COc1ccc(/C=C/C(=O)NC(C)C(=O)NC(C)C2CC2)cc1. The van der Waals surface area contributed by atoms with Crippen LogP contribution in [0.1, 0.15) is 32.3 Å². The van der Waals surface area contributed by atoms with E-state index in [1.807, 2.05) is 31.2 Å². The van der Waals surface area contributed by atoms with E-state index in [2.05, 4.69) is 10.6 Å². The van der Waals surface area contributed by atoms with Crippen molar-refractivity contribution >= 4 is 17.9 Å². The predicted molar refractivity (Wildman–Crippen MR) is 90.0 cm³/mol. The molecule has 23 heavy (non-hydrogen) atoms. The van der Waals surface area contributed by atoms with E-state index in [0.717, 1.165) is 11.3 Å². The van der Waals surface area contributed by atoms with Gasteiger partial charge >= 0.3 is 0 Å². The molecule has 5 heteroatoms. The highest BCUT2D eigenvalue weighted by Crippen LogP contribution is 2.32. The first kappa shape index (κ1) is 17.1. The van der Waals surface area contributed by atoms with Crippen LogP contribution in [0.25, 0.3) is 6.08 Å². The Labute approximate surface area is 137 Å². The fourth-order valence-corrected chi connectivity index (χ4v) is 2.28. The van der Waals surface area contributed by atoms with Gasteiger partial charge in [-0.05, 0) is 56.4 Å². The number of benzene rings is 1. The van der Waals surface area contributed by atoms with Gasteiger partial charge in [0, 0.05) is 12.1 Å². The maximum atomic E-state index is 12.0. The molecule has 1 saturated carbocycles. The molecule has 1 fully saturated rings. The van der Waals surface area contributed by atoms with Crippen LogP contribution in [0.3, 0.4) is 0 Å². The highest BCUT2D eigenvalue weighted by Gasteiger charge is 2.29. The van der Waals surface area contributed by atoms with E-state index in [-0.39, 0.29) is 17.9 Å². The Hall–Kier alpha value is -2.30. The molecule has 1 aromatic rings. The van der Waals surface area contributed by atoms with Crippen molar-refractivity contribution in [1.29, 1.82) is 0 Å². The molecule has 2 rings (SSSR count). The highest BCUT2D eigenvalue weighted by molar-refractivity contribution is 5.95. The lowest BCUT2D eigenvalue weighted by Crippen LogP contribution is -2.47. The summed E-state index contributed by atoms with van der Waals surface area (Å²) in [5.74, 6) is 0.927. The second-order valence-electron chi connectivity index (χ2n) is 5.97. The van der Waals surface area contributed by atoms with Crippen molar-refractivity contribution in [3.05, 3.63) is 35.9 Å². The summed E-state index contributed by atoms with van der Waals surface area (Å²) in [6.45, 7) is 3.70. The molecular weight excluding hydrogens is 292 g/mol. The van der Waals surface area contributed by atoms with Gasteiger partial charge in [0.2, 0.25) is 11.8 Å². The zero-order chi connectivity index (χ0) is 16.8. The van der Waals surface area contributed by atoms with Gasteiger partial charge in [-0.2, -0.15) is 0 Å². The molecule has 1 aliphatic carbocycles. The quantitative estimate of drug-likeness (QED) is 0.757. The summed E-state index contributed by atoms with van der Waals surface area (Å²) < 4.78 is 5.08. The summed E-state index contributed by atoms with van der Waals surface area (Å²) in [5.41, 5.74) is 0.889. The topological polar surface area (TPSA) is 67.4 Å². The molecule has 1 aromatic carbocycles. The zero-order valence-electron chi connectivity index (χ0n) is 13.8. The third-order valence-electron chi connectivity index (χ3n) is 3.99. The van der Waals surface area contributed by atoms with Crippen LogP contribution < -0.4 is 15.4 Å². The van der Waals surface area contributed by atoms with Crippen molar-refractivity contribution in [2.45, 2.75) is 38.8 Å². The van der Waals surface area contributed by atoms with Gasteiger partial charge in [0.1, 0.15) is 11.8 Å². The molecule has 2 unspecified atom stereocenters. The molecule has 0 saturated heterocycles. The molecule has 1 aliphatic rings. The standard InChI is InChI=1S/C18H24N2O3/c1-12(15-7-8-15)20-18(22)13(2)19-17(21)11-6-14-4-9-16(23-3)10-5-14/h4-6,9-13,15H,7-8H2,1-3H3,(H,19,21)(H,20,22)/b11-6+. The molecule has 2 N–H and O–H groups in total. The van der Waals surface area contributed by atoms with Crippen LogP contribution >= 0.6 is 0 Å². The van der Waals surface area contributed by atoms with Crippen LogP contribution in [0.4, 0.5) is 0 Å². The Bertz CT molecular complexity index is 576. The van der Waals surface area contributed by atoms with Crippen molar-refractivity contribution in [2.75, 3.05) is 7.11 Å². The summed E-state index contributed by atoms with van der Waals surface area (Å²) >= 11 is 0. The average molecular weight is 316 g/mol. The normalized spacial score (nSPS) is 16.7. The fourth-order valence-electron chi connectivity index (χ4n) is 2.28. The maximum absolute atomic E-state index is 12.0. The van der Waals surface area contributed by atoms with Gasteiger partial charge in [-0.1, -0.05) is 12.1 Å². The van der Waals surface area contributed by atoms with Gasteiger partial charge in [-0.25, -0.2) is 0 Å². The lowest BCUT2D eigenvalue weighted by Gasteiger charge is -2.17. The minimum absolute atomic E-state index is 0.143. The van der Waals surface area contributed by atoms with Crippen molar-refractivity contribution in [3.63, 3.8) is 0 Å². The third-order valence-corrected chi connectivity index (χ3v) is 3.99. The molecule has 2 atom stereocenters. The first-order valence-electron chi connectivity index (χ1n) is 7.92. The molecule has 5 nitrogen and oxygen atoms in total. The van der Waals surface area contributed by atoms with Gasteiger partial charge in [0.05, 0.1) is 7.11 Å². The van der Waals surface area contributed by atoms with Crippen LogP contribution in [0.15, 0.2) is 30.3 Å². The molecule has 0 spiro atoms. The molecular formula is C18H24N2O3. The Morgan fingerprint density at radius 1 is 1.17 bits per heavy atom. The largest absolute Gasteiger partial charge is 0.497 e. The van der Waals surface area contributed by atoms with Crippen molar-refractivity contribution < 1.29 is 14.3 Å². The fraction of sp³-hybridized carbons (Fsp3) is 0.444. The Balaban J connectivity index is 1.80. The maximum Gasteiger partial charge on any atom is 0.244 e. The minimum Gasteiger partial charge on any atom is -0.497 e. The van der Waals surface area contributed by atoms with E-state index in [1.165, 1.54) is 18.9 Å². The van der Waals surface area contributed by atoms with Crippen molar-refractivity contribution in [3.8, 4) is 5.75 Å². The molecule has 124 valence electrons. The zero-order valence-corrected chi connectivity index (χ0v) is 13.8. The van der Waals surface area contributed by atoms with Crippen LogP contribution in [-0.2, 0) is 9.59 Å². The number of hydrogen-bond donors (Lipinski definition) is 2. The van der Waals surface area contributed by atoms with E-state index >= 15 is 0 Å². The highest BCUT2D eigenvalue weighted by atomic mass is 16.5. The molecule has 2 amide bonds. The van der Waals surface area contributed by atoms with Crippen LogP contribution in [0.5, 0.6) is 5.75 Å². The summed E-state index contributed by atoms with van der Waals surface area (Å²) in [7, 11) is 1.61. The monoisotopic (exact) mass is 316 g/mol. The van der Waals surface area contributed by atoms with Gasteiger partial charge in [-0.15, -0.1) is 0 Å². The Morgan fingerprint density at radius 2 is 1.83 bits per heavy atom. The second kappa shape index (κ2) is 7.81. The molecule has 0 radical (unpaired) electrons. The van der Waals surface area contributed by atoms with Crippen LogP contribution in [0.2, 0.25) is 0 Å². The molecule has 0 heterocycles. The Kier molecular flexibility index (Phi) is 5.79. The van der Waals surface area contributed by atoms with Crippen LogP contribution in [0, 0.1) is 5.92 Å². The van der Waals surface area contributed by atoms with Gasteiger partial charge in [0.15, 0.2) is 0 Å². The van der Waals surface area contributed by atoms with E-state index in [1.54, 1.807) is 20.1 Å². The van der Waals surface area contributed by atoms with E-state index < -0.39 is 6.04 Å². The number of carbonyl (C=O) groups excluding carboxylic acids is 2. The lowest BCUT2D eigenvalue weighted by molar-refractivity contribution is -0.127. The average Bonchev–Trinajstić information content (AvgIpc) is 3.38. The smallest absolute Gasteiger partial charge is 0.244 e. The van der Waals surface area contributed by atoms with E-state index in [0.29, 0.717) is 5.92 Å². The van der Waals surface area contributed by atoms with Gasteiger partial charge < -0.3 is 15.4 Å².